The molecule has 4 heterocycles. The first-order chi connectivity index (χ1) is 14.6. The molecule has 30 heavy (non-hydrogen) atoms. The van der Waals surface area contributed by atoms with Crippen molar-refractivity contribution in [3.8, 4) is 0 Å². The highest BCUT2D eigenvalue weighted by Crippen LogP contribution is 2.26. The number of aromatic nitrogens is 3. The third-order valence-electron chi connectivity index (χ3n) is 5.70. The molecule has 0 unspecified atom stereocenters. The van der Waals surface area contributed by atoms with E-state index in [0.29, 0.717) is 23.7 Å². The Kier molecular flexibility index (Phi) is 6.13. The Morgan fingerprint density at radius 3 is 2.80 bits per heavy atom. The minimum Gasteiger partial charge on any atom is -0.465 e. The van der Waals surface area contributed by atoms with Gasteiger partial charge in [0.25, 0.3) is 0 Å². The first-order valence-corrected chi connectivity index (χ1v) is 10.3. The van der Waals surface area contributed by atoms with Gasteiger partial charge in [0.05, 0.1) is 18.1 Å². The number of methoxy groups -OCH3 is 1. The Bertz CT molecular complexity index is 993. The highest BCUT2D eigenvalue weighted by atomic mass is 16.5. The molecule has 0 spiro atoms. The van der Waals surface area contributed by atoms with E-state index in [0.717, 1.165) is 29.0 Å². The molecule has 0 aliphatic carbocycles. The van der Waals surface area contributed by atoms with E-state index in [4.69, 9.17) is 4.74 Å². The molecule has 4 rings (SSSR count). The number of esters is 1. The molecule has 0 saturated carbocycles. The third kappa shape index (κ3) is 4.54. The van der Waals surface area contributed by atoms with Crippen molar-refractivity contribution < 1.29 is 9.53 Å². The van der Waals surface area contributed by atoms with E-state index < -0.39 is 0 Å². The number of piperidine rings is 1. The number of nitrogens with zero attached hydrogens (tertiary/aromatic N) is 3. The largest absolute Gasteiger partial charge is 0.465 e. The summed E-state index contributed by atoms with van der Waals surface area (Å²) in [5.41, 5.74) is 2.99. The zero-order valence-corrected chi connectivity index (χ0v) is 17.4. The summed E-state index contributed by atoms with van der Waals surface area (Å²) in [6.07, 6.45) is 7.68. The summed E-state index contributed by atoms with van der Waals surface area (Å²) in [4.78, 5) is 26.3. The van der Waals surface area contributed by atoms with E-state index in [9.17, 15) is 4.79 Å². The van der Waals surface area contributed by atoms with Crippen LogP contribution in [0.2, 0.25) is 0 Å². The lowest BCUT2D eigenvalue weighted by Crippen LogP contribution is -2.33. The molecule has 0 bridgehead atoms. The lowest BCUT2D eigenvalue weighted by molar-refractivity contribution is 0.0603. The molecule has 1 aliphatic heterocycles. The third-order valence-corrected chi connectivity index (χ3v) is 5.70. The molecule has 0 radical (unpaired) electrons. The zero-order valence-electron chi connectivity index (χ0n) is 17.4. The van der Waals surface area contributed by atoms with Gasteiger partial charge in [-0.1, -0.05) is 6.07 Å². The molecule has 0 aromatic carbocycles. The maximum absolute atomic E-state index is 12.0. The van der Waals surface area contributed by atoms with Crippen molar-refractivity contribution in [2.24, 2.45) is 5.92 Å². The van der Waals surface area contributed by atoms with E-state index in [1.165, 1.54) is 33.0 Å². The fourth-order valence-corrected chi connectivity index (χ4v) is 3.82. The monoisotopic (exact) mass is 408 g/mol. The number of aromatic amines is 1. The molecule has 3 aromatic heterocycles. The Hall–Kier alpha value is -3.13. The predicted octanol–water partition coefficient (Wildman–Crippen LogP) is 3.11. The average Bonchev–Trinajstić information content (AvgIpc) is 3.22. The summed E-state index contributed by atoms with van der Waals surface area (Å²) in [6.45, 7) is 3.90. The van der Waals surface area contributed by atoms with Crippen LogP contribution in [0.3, 0.4) is 0 Å². The summed E-state index contributed by atoms with van der Waals surface area (Å²) in [7, 11) is 3.56. The Balaban J connectivity index is 1.36. The van der Waals surface area contributed by atoms with Crippen LogP contribution in [0.1, 0.15) is 28.8 Å². The second kappa shape index (κ2) is 9.13. The average molecular weight is 409 g/mol. The normalized spacial score (nSPS) is 15.3. The molecule has 3 aromatic rings. The standard InChI is InChI=1S/C22H28N6O2/c1-28-9-6-15(7-10-28)11-25-19-4-3-16(13-26-19)12-24-18-5-8-23-21-20(18)17(14-27-21)22(29)30-2/h3-5,8,13-15H,6-7,9-12H2,1-2H3,(H,25,26)(H2,23,24,27). The topological polar surface area (TPSA) is 95.2 Å². The van der Waals surface area contributed by atoms with E-state index >= 15 is 0 Å². The number of fused-ring (bicyclic) bond motifs is 1. The second-order valence-electron chi connectivity index (χ2n) is 7.81. The maximum Gasteiger partial charge on any atom is 0.340 e. The molecular formula is C22H28N6O2. The quantitative estimate of drug-likeness (QED) is 0.517. The molecular weight excluding hydrogens is 380 g/mol. The molecule has 3 N–H and O–H groups in total. The van der Waals surface area contributed by atoms with Crippen LogP contribution in [-0.4, -0.2) is 59.6 Å². The number of hydrogen-bond donors (Lipinski definition) is 3. The molecule has 1 aliphatic rings. The van der Waals surface area contributed by atoms with Gasteiger partial charge in [0.1, 0.15) is 11.5 Å². The van der Waals surface area contributed by atoms with E-state index in [2.05, 4.69) is 43.6 Å². The fraction of sp³-hybridized carbons (Fsp3) is 0.409. The molecule has 8 heteroatoms. The van der Waals surface area contributed by atoms with Crippen LogP contribution in [-0.2, 0) is 11.3 Å². The lowest BCUT2D eigenvalue weighted by atomic mass is 9.97. The van der Waals surface area contributed by atoms with Crippen LogP contribution in [0, 0.1) is 5.92 Å². The van der Waals surface area contributed by atoms with Gasteiger partial charge in [0.15, 0.2) is 0 Å². The Morgan fingerprint density at radius 2 is 2.07 bits per heavy atom. The first kappa shape index (κ1) is 20.2. The number of hydrogen-bond acceptors (Lipinski definition) is 7. The molecule has 1 fully saturated rings. The molecule has 0 amide bonds. The van der Waals surface area contributed by atoms with Gasteiger partial charge in [-0.05, 0) is 56.6 Å². The molecule has 8 nitrogen and oxygen atoms in total. The fourth-order valence-electron chi connectivity index (χ4n) is 3.82. The van der Waals surface area contributed by atoms with Crippen LogP contribution in [0.4, 0.5) is 11.5 Å². The van der Waals surface area contributed by atoms with Crippen LogP contribution >= 0.6 is 0 Å². The van der Waals surface area contributed by atoms with Crippen LogP contribution < -0.4 is 10.6 Å². The zero-order chi connectivity index (χ0) is 20.9. The summed E-state index contributed by atoms with van der Waals surface area (Å²) < 4.78 is 4.87. The maximum atomic E-state index is 12.0. The second-order valence-corrected chi connectivity index (χ2v) is 7.81. The van der Waals surface area contributed by atoms with Gasteiger partial charge in [-0.2, -0.15) is 0 Å². The SMILES string of the molecule is COC(=O)c1c[nH]c2nccc(NCc3ccc(NCC4CCN(C)CC4)nc3)c12. The van der Waals surface area contributed by atoms with Gasteiger partial charge in [0, 0.05) is 37.4 Å². The van der Waals surface area contributed by atoms with Crippen molar-refractivity contribution in [3.63, 3.8) is 0 Å². The smallest absolute Gasteiger partial charge is 0.340 e. The van der Waals surface area contributed by atoms with Gasteiger partial charge in [0.2, 0.25) is 0 Å². The molecule has 1 saturated heterocycles. The number of anilines is 2. The highest BCUT2D eigenvalue weighted by Gasteiger charge is 2.17. The lowest BCUT2D eigenvalue weighted by Gasteiger charge is -2.29. The molecule has 0 atom stereocenters. The Morgan fingerprint density at radius 1 is 1.23 bits per heavy atom. The van der Waals surface area contributed by atoms with Crippen LogP contribution in [0.15, 0.2) is 36.8 Å². The number of carbonyl (C=O) groups is 1. The van der Waals surface area contributed by atoms with Crippen molar-refractivity contribution in [1.82, 2.24) is 19.9 Å². The van der Waals surface area contributed by atoms with Gasteiger partial charge in [-0.25, -0.2) is 14.8 Å². The van der Waals surface area contributed by atoms with Crippen LogP contribution in [0.25, 0.3) is 11.0 Å². The predicted molar refractivity (Wildman–Crippen MR) is 118 cm³/mol. The number of likely N-dealkylation sites (tertiary alicyclic amines) is 1. The van der Waals surface area contributed by atoms with E-state index in [-0.39, 0.29) is 5.97 Å². The molecule has 158 valence electrons. The number of nitrogens with one attached hydrogen (secondary N) is 3. The van der Waals surface area contributed by atoms with Crippen molar-refractivity contribution >= 4 is 28.5 Å². The van der Waals surface area contributed by atoms with Crippen molar-refractivity contribution in [2.75, 3.05) is 44.4 Å². The number of carbonyl (C=O) groups excluding carboxylic acids is 1. The van der Waals surface area contributed by atoms with Gasteiger partial charge < -0.3 is 25.3 Å². The number of ether oxygens (including phenoxy) is 1. The summed E-state index contributed by atoms with van der Waals surface area (Å²) in [5, 5.41) is 7.58. The number of pyridine rings is 2. The minimum atomic E-state index is -0.390. The van der Waals surface area contributed by atoms with E-state index in [1.54, 1.807) is 12.4 Å². The minimum absolute atomic E-state index is 0.390. The van der Waals surface area contributed by atoms with Crippen molar-refractivity contribution in [1.29, 1.82) is 0 Å². The van der Waals surface area contributed by atoms with Crippen molar-refractivity contribution in [3.05, 3.63) is 47.9 Å². The number of rotatable bonds is 7. The van der Waals surface area contributed by atoms with Crippen molar-refractivity contribution in [2.45, 2.75) is 19.4 Å². The number of H-pyrrole nitrogens is 1. The van der Waals surface area contributed by atoms with Gasteiger partial charge >= 0.3 is 5.97 Å². The van der Waals surface area contributed by atoms with Gasteiger partial charge in [-0.15, -0.1) is 0 Å². The van der Waals surface area contributed by atoms with E-state index in [1.807, 2.05) is 18.3 Å². The van der Waals surface area contributed by atoms with Gasteiger partial charge in [-0.3, -0.25) is 0 Å². The first-order valence-electron chi connectivity index (χ1n) is 10.3. The Labute approximate surface area is 176 Å². The van der Waals surface area contributed by atoms with Crippen LogP contribution in [0.5, 0.6) is 0 Å². The highest BCUT2D eigenvalue weighted by molar-refractivity contribution is 6.08. The summed E-state index contributed by atoms with van der Waals surface area (Å²) >= 11 is 0. The summed E-state index contributed by atoms with van der Waals surface area (Å²) in [6, 6.07) is 5.94. The summed E-state index contributed by atoms with van der Waals surface area (Å²) in [5.74, 6) is 1.23.